The summed E-state index contributed by atoms with van der Waals surface area (Å²) in [4.78, 5) is 14.1. The van der Waals surface area contributed by atoms with Crippen LogP contribution in [0.1, 0.15) is 19.3 Å². The molecule has 0 unspecified atom stereocenters. The van der Waals surface area contributed by atoms with Crippen LogP contribution in [-0.2, 0) is 6.54 Å². The van der Waals surface area contributed by atoms with Gasteiger partial charge in [0.05, 0.1) is 0 Å². The van der Waals surface area contributed by atoms with Crippen molar-refractivity contribution in [1.82, 2.24) is 9.47 Å². The first-order valence-electron chi connectivity index (χ1n) is 9.45. The van der Waals surface area contributed by atoms with E-state index in [-0.39, 0.29) is 6.09 Å². The first-order valence-corrected chi connectivity index (χ1v) is 9.83. The summed E-state index contributed by atoms with van der Waals surface area (Å²) in [6.07, 6.45) is 5.05. The SMILES string of the molecule is O=C(Oc1ccccc1)N1CCC(CCn2ccc3cc(Cl)ccc32)CC1. The molecule has 5 heteroatoms. The standard InChI is InChI=1S/C22H23ClN2O2/c23-19-6-7-21-18(16-19)11-15-24(21)12-8-17-9-13-25(14-10-17)22(26)27-20-4-2-1-3-5-20/h1-7,11,15-17H,8-10,12-14H2. The number of piperidine rings is 1. The van der Waals surface area contributed by atoms with Gasteiger partial charge >= 0.3 is 6.09 Å². The number of aryl methyl sites for hydroxylation is 1. The number of carbonyl (C=O) groups is 1. The maximum absolute atomic E-state index is 12.3. The average Bonchev–Trinajstić information content (AvgIpc) is 3.09. The van der Waals surface area contributed by atoms with Crippen LogP contribution >= 0.6 is 11.6 Å². The van der Waals surface area contributed by atoms with Crippen molar-refractivity contribution in [2.24, 2.45) is 5.92 Å². The van der Waals surface area contributed by atoms with Gasteiger partial charge in [-0.25, -0.2) is 4.79 Å². The van der Waals surface area contributed by atoms with Crippen LogP contribution in [0.2, 0.25) is 5.02 Å². The first kappa shape index (κ1) is 17.9. The Morgan fingerprint density at radius 1 is 1.07 bits per heavy atom. The van der Waals surface area contributed by atoms with Gasteiger partial charge < -0.3 is 14.2 Å². The van der Waals surface area contributed by atoms with Gasteiger partial charge in [0.2, 0.25) is 0 Å². The minimum atomic E-state index is -0.243. The molecule has 140 valence electrons. The van der Waals surface area contributed by atoms with E-state index in [1.165, 1.54) is 10.9 Å². The largest absolute Gasteiger partial charge is 0.415 e. The quantitative estimate of drug-likeness (QED) is 0.589. The number of hydrogen-bond donors (Lipinski definition) is 0. The number of nitrogens with zero attached hydrogens (tertiary/aromatic N) is 2. The van der Waals surface area contributed by atoms with E-state index in [1.54, 1.807) is 12.1 Å². The number of aromatic nitrogens is 1. The number of benzene rings is 2. The Bertz CT molecular complexity index is 914. The van der Waals surface area contributed by atoms with Crippen LogP contribution in [0.15, 0.2) is 60.8 Å². The molecule has 1 saturated heterocycles. The second-order valence-electron chi connectivity index (χ2n) is 7.11. The van der Waals surface area contributed by atoms with Crippen molar-refractivity contribution in [1.29, 1.82) is 0 Å². The number of ether oxygens (including phenoxy) is 1. The predicted molar refractivity (Wildman–Crippen MR) is 108 cm³/mol. The molecule has 0 bridgehead atoms. The molecule has 4 rings (SSSR count). The molecule has 0 radical (unpaired) electrons. The lowest BCUT2D eigenvalue weighted by molar-refractivity contribution is 0.128. The zero-order valence-electron chi connectivity index (χ0n) is 15.2. The first-order chi connectivity index (χ1) is 13.2. The molecule has 27 heavy (non-hydrogen) atoms. The molecule has 1 aromatic heterocycles. The molecule has 0 spiro atoms. The van der Waals surface area contributed by atoms with Crippen LogP contribution in [0.3, 0.4) is 0 Å². The highest BCUT2D eigenvalue weighted by Crippen LogP contribution is 2.25. The van der Waals surface area contributed by atoms with Gasteiger partial charge in [-0.05, 0) is 61.6 Å². The molecule has 2 heterocycles. The lowest BCUT2D eigenvalue weighted by Crippen LogP contribution is -2.40. The van der Waals surface area contributed by atoms with Gasteiger partial charge in [0, 0.05) is 41.8 Å². The Morgan fingerprint density at radius 3 is 2.63 bits per heavy atom. The molecule has 0 saturated carbocycles. The zero-order chi connectivity index (χ0) is 18.6. The molecule has 1 aliphatic rings. The van der Waals surface area contributed by atoms with E-state index >= 15 is 0 Å². The normalized spacial score (nSPS) is 15.2. The van der Waals surface area contributed by atoms with Gasteiger partial charge in [-0.2, -0.15) is 0 Å². The van der Waals surface area contributed by atoms with E-state index < -0.39 is 0 Å². The summed E-state index contributed by atoms with van der Waals surface area (Å²) in [5, 5.41) is 1.95. The summed E-state index contributed by atoms with van der Waals surface area (Å²) >= 11 is 6.07. The number of para-hydroxylation sites is 1. The van der Waals surface area contributed by atoms with Crippen LogP contribution in [0.4, 0.5) is 4.79 Å². The van der Waals surface area contributed by atoms with Crippen molar-refractivity contribution in [3.05, 3.63) is 65.8 Å². The van der Waals surface area contributed by atoms with Gasteiger partial charge in [-0.1, -0.05) is 29.8 Å². The van der Waals surface area contributed by atoms with Crippen molar-refractivity contribution in [3.8, 4) is 5.75 Å². The van der Waals surface area contributed by atoms with Gasteiger partial charge in [-0.15, -0.1) is 0 Å². The molecule has 2 aromatic carbocycles. The number of hydrogen-bond acceptors (Lipinski definition) is 2. The van der Waals surface area contributed by atoms with Crippen molar-refractivity contribution in [2.75, 3.05) is 13.1 Å². The monoisotopic (exact) mass is 382 g/mol. The smallest absolute Gasteiger partial charge is 0.410 e. The fourth-order valence-corrected chi connectivity index (χ4v) is 3.93. The molecular weight excluding hydrogens is 360 g/mol. The number of halogens is 1. The van der Waals surface area contributed by atoms with E-state index in [2.05, 4.69) is 22.9 Å². The maximum atomic E-state index is 12.3. The summed E-state index contributed by atoms with van der Waals surface area (Å²) < 4.78 is 7.73. The summed E-state index contributed by atoms with van der Waals surface area (Å²) in [5.74, 6) is 1.24. The topological polar surface area (TPSA) is 34.5 Å². The minimum Gasteiger partial charge on any atom is -0.410 e. The summed E-state index contributed by atoms with van der Waals surface area (Å²) in [5.41, 5.74) is 1.23. The molecule has 1 fully saturated rings. The van der Waals surface area contributed by atoms with Gasteiger partial charge in [0.15, 0.2) is 0 Å². The number of likely N-dealkylation sites (tertiary alicyclic amines) is 1. The van der Waals surface area contributed by atoms with Gasteiger partial charge in [0.25, 0.3) is 0 Å². The molecule has 0 N–H and O–H groups in total. The summed E-state index contributed by atoms with van der Waals surface area (Å²) in [7, 11) is 0. The Morgan fingerprint density at radius 2 is 1.85 bits per heavy atom. The molecule has 3 aromatic rings. The highest BCUT2D eigenvalue weighted by Gasteiger charge is 2.24. The van der Waals surface area contributed by atoms with Crippen LogP contribution in [-0.4, -0.2) is 28.6 Å². The maximum Gasteiger partial charge on any atom is 0.415 e. The van der Waals surface area contributed by atoms with E-state index in [1.807, 2.05) is 35.2 Å². The fraction of sp³-hybridized carbons (Fsp3) is 0.318. The third-order valence-corrected chi connectivity index (χ3v) is 5.57. The zero-order valence-corrected chi connectivity index (χ0v) is 15.9. The van der Waals surface area contributed by atoms with Crippen LogP contribution < -0.4 is 4.74 Å². The van der Waals surface area contributed by atoms with E-state index in [0.29, 0.717) is 11.7 Å². The highest BCUT2D eigenvalue weighted by atomic mass is 35.5. The van der Waals surface area contributed by atoms with Crippen LogP contribution in [0, 0.1) is 5.92 Å². The molecule has 1 amide bonds. The third kappa shape index (κ3) is 4.28. The fourth-order valence-electron chi connectivity index (χ4n) is 3.75. The van der Waals surface area contributed by atoms with Crippen LogP contribution in [0.25, 0.3) is 10.9 Å². The summed E-state index contributed by atoms with van der Waals surface area (Å²) in [6, 6.07) is 17.4. The molecule has 1 aliphatic heterocycles. The summed E-state index contributed by atoms with van der Waals surface area (Å²) in [6.45, 7) is 2.51. The second-order valence-corrected chi connectivity index (χ2v) is 7.55. The van der Waals surface area contributed by atoms with E-state index in [4.69, 9.17) is 16.3 Å². The number of carbonyl (C=O) groups excluding carboxylic acids is 1. The number of amides is 1. The number of rotatable bonds is 4. The Hall–Kier alpha value is -2.46. The third-order valence-electron chi connectivity index (χ3n) is 5.33. The molecule has 0 atom stereocenters. The second kappa shape index (κ2) is 8.05. The van der Waals surface area contributed by atoms with E-state index in [0.717, 1.165) is 43.9 Å². The minimum absolute atomic E-state index is 0.243. The predicted octanol–water partition coefficient (Wildman–Crippen LogP) is 5.60. The highest BCUT2D eigenvalue weighted by molar-refractivity contribution is 6.31. The van der Waals surface area contributed by atoms with Gasteiger partial charge in [0.1, 0.15) is 5.75 Å². The van der Waals surface area contributed by atoms with Crippen molar-refractivity contribution >= 4 is 28.6 Å². The molecular formula is C22H23ClN2O2. The average molecular weight is 383 g/mol. The lowest BCUT2D eigenvalue weighted by Gasteiger charge is -2.31. The van der Waals surface area contributed by atoms with Crippen molar-refractivity contribution in [3.63, 3.8) is 0 Å². The Balaban J connectivity index is 1.27. The molecule has 0 aliphatic carbocycles. The van der Waals surface area contributed by atoms with Crippen LogP contribution in [0.5, 0.6) is 5.75 Å². The Kier molecular flexibility index (Phi) is 5.35. The van der Waals surface area contributed by atoms with E-state index in [9.17, 15) is 4.79 Å². The molecule has 4 nitrogen and oxygen atoms in total. The number of fused-ring (bicyclic) bond motifs is 1. The van der Waals surface area contributed by atoms with Crippen molar-refractivity contribution < 1.29 is 9.53 Å². The van der Waals surface area contributed by atoms with Gasteiger partial charge in [-0.3, -0.25) is 0 Å². The Labute approximate surface area is 164 Å². The lowest BCUT2D eigenvalue weighted by atomic mass is 9.94. The van der Waals surface area contributed by atoms with Crippen molar-refractivity contribution in [2.45, 2.75) is 25.8 Å².